The summed E-state index contributed by atoms with van der Waals surface area (Å²) in [6.07, 6.45) is 7.66. The number of piperazine rings is 1. The molecule has 27 heavy (non-hydrogen) atoms. The fourth-order valence-corrected chi connectivity index (χ4v) is 5.55. The summed E-state index contributed by atoms with van der Waals surface area (Å²) in [5, 5.41) is 6.90. The monoisotopic (exact) mass is 367 g/mol. The maximum atomic E-state index is 13.1. The number of hydrogen-bond acceptors (Lipinski definition) is 4. The highest BCUT2D eigenvalue weighted by molar-refractivity contribution is 5.95. The lowest BCUT2D eigenvalue weighted by atomic mass is 9.80. The summed E-state index contributed by atoms with van der Waals surface area (Å²) in [5.74, 6) is 0.717. The van der Waals surface area contributed by atoms with Gasteiger partial charge in [-0.05, 0) is 48.9 Å². The Bertz CT molecular complexity index is 756. The van der Waals surface area contributed by atoms with Crippen molar-refractivity contribution in [3.8, 4) is 0 Å². The predicted molar refractivity (Wildman–Crippen MR) is 104 cm³/mol. The number of benzene rings is 1. The number of nitrogens with zero attached hydrogens (tertiary/aromatic N) is 1. The molecule has 1 aliphatic carbocycles. The second-order valence-corrected chi connectivity index (χ2v) is 8.74. The van der Waals surface area contributed by atoms with Crippen molar-refractivity contribution in [3.05, 3.63) is 34.9 Å². The second kappa shape index (κ2) is 7.02. The van der Waals surface area contributed by atoms with Crippen LogP contribution in [0.3, 0.4) is 0 Å². The minimum atomic E-state index is -0.187. The van der Waals surface area contributed by atoms with Gasteiger partial charge in [-0.1, -0.05) is 25.3 Å². The molecule has 3 fully saturated rings. The molecule has 1 amide bonds. The zero-order valence-electron chi connectivity index (χ0n) is 15.9. The van der Waals surface area contributed by atoms with Gasteiger partial charge in [0.1, 0.15) is 0 Å². The SMILES string of the molecule is O=C(C1CCCCC1)C1NCCc2cc(C(=O)N3CC4CC3CN4)ccc21. The third-order valence-corrected chi connectivity index (χ3v) is 7.05. The Morgan fingerprint density at radius 1 is 1.07 bits per heavy atom. The summed E-state index contributed by atoms with van der Waals surface area (Å²) >= 11 is 0. The summed E-state index contributed by atoms with van der Waals surface area (Å²) in [5.41, 5.74) is 3.06. The first kappa shape index (κ1) is 17.4. The van der Waals surface area contributed by atoms with E-state index in [-0.39, 0.29) is 17.9 Å². The lowest BCUT2D eigenvalue weighted by molar-refractivity contribution is -0.126. The highest BCUT2D eigenvalue weighted by atomic mass is 16.2. The Kier molecular flexibility index (Phi) is 4.52. The molecule has 3 unspecified atom stereocenters. The number of fused-ring (bicyclic) bond motifs is 3. The van der Waals surface area contributed by atoms with E-state index in [0.29, 0.717) is 17.9 Å². The van der Waals surface area contributed by atoms with Gasteiger partial charge in [-0.25, -0.2) is 0 Å². The molecular weight excluding hydrogens is 338 g/mol. The first-order valence-corrected chi connectivity index (χ1v) is 10.6. The molecule has 1 aromatic rings. The van der Waals surface area contributed by atoms with E-state index in [9.17, 15) is 9.59 Å². The molecule has 1 aromatic carbocycles. The van der Waals surface area contributed by atoms with Crippen molar-refractivity contribution in [3.63, 3.8) is 0 Å². The Morgan fingerprint density at radius 3 is 2.67 bits per heavy atom. The highest BCUT2D eigenvalue weighted by Gasteiger charge is 2.40. The molecule has 0 radical (unpaired) electrons. The average Bonchev–Trinajstić information content (AvgIpc) is 3.36. The lowest BCUT2D eigenvalue weighted by Gasteiger charge is -2.31. The molecule has 0 spiro atoms. The normalized spacial score (nSPS) is 30.4. The summed E-state index contributed by atoms with van der Waals surface area (Å²) in [7, 11) is 0. The van der Waals surface area contributed by atoms with Crippen LogP contribution in [-0.2, 0) is 11.2 Å². The van der Waals surface area contributed by atoms with E-state index in [1.807, 2.05) is 17.0 Å². The molecule has 5 rings (SSSR count). The Morgan fingerprint density at radius 2 is 1.93 bits per heavy atom. The highest BCUT2D eigenvalue weighted by Crippen LogP contribution is 2.33. The van der Waals surface area contributed by atoms with E-state index in [1.165, 1.54) is 24.8 Å². The number of Topliss-reactive ketones (excluding diaryl/α,β-unsaturated/α-hetero) is 1. The molecule has 2 bridgehead atoms. The molecule has 2 saturated heterocycles. The summed E-state index contributed by atoms with van der Waals surface area (Å²) in [4.78, 5) is 28.1. The number of carbonyl (C=O) groups excluding carboxylic acids is 2. The van der Waals surface area contributed by atoms with Crippen molar-refractivity contribution in [2.24, 2.45) is 5.92 Å². The van der Waals surface area contributed by atoms with Crippen molar-refractivity contribution >= 4 is 11.7 Å². The number of rotatable bonds is 3. The van der Waals surface area contributed by atoms with Crippen LogP contribution < -0.4 is 10.6 Å². The van der Waals surface area contributed by atoms with Crippen LogP contribution in [0.15, 0.2) is 18.2 Å². The van der Waals surface area contributed by atoms with E-state index < -0.39 is 0 Å². The van der Waals surface area contributed by atoms with Gasteiger partial charge in [0, 0.05) is 43.2 Å². The van der Waals surface area contributed by atoms with Gasteiger partial charge in [-0.2, -0.15) is 0 Å². The van der Waals surface area contributed by atoms with E-state index >= 15 is 0 Å². The van der Waals surface area contributed by atoms with Gasteiger partial charge >= 0.3 is 0 Å². The van der Waals surface area contributed by atoms with Crippen LogP contribution in [0.4, 0.5) is 0 Å². The van der Waals surface area contributed by atoms with E-state index in [4.69, 9.17) is 0 Å². The van der Waals surface area contributed by atoms with E-state index in [0.717, 1.165) is 56.4 Å². The zero-order valence-corrected chi connectivity index (χ0v) is 15.9. The molecule has 0 aromatic heterocycles. The number of ketones is 1. The Hall–Kier alpha value is -1.72. The molecule has 5 heteroatoms. The molecule has 144 valence electrons. The van der Waals surface area contributed by atoms with Gasteiger partial charge in [0.2, 0.25) is 0 Å². The smallest absolute Gasteiger partial charge is 0.254 e. The van der Waals surface area contributed by atoms with Crippen LogP contribution in [0, 0.1) is 5.92 Å². The second-order valence-electron chi connectivity index (χ2n) is 8.74. The van der Waals surface area contributed by atoms with E-state index in [1.54, 1.807) is 0 Å². The fourth-order valence-electron chi connectivity index (χ4n) is 5.55. The predicted octanol–water partition coefficient (Wildman–Crippen LogP) is 2.21. The van der Waals surface area contributed by atoms with E-state index in [2.05, 4.69) is 16.7 Å². The van der Waals surface area contributed by atoms with Gasteiger partial charge in [0.25, 0.3) is 5.91 Å². The maximum Gasteiger partial charge on any atom is 0.254 e. The van der Waals surface area contributed by atoms with Crippen molar-refractivity contribution in [1.82, 2.24) is 15.5 Å². The first-order valence-electron chi connectivity index (χ1n) is 10.6. The quantitative estimate of drug-likeness (QED) is 0.860. The average molecular weight is 367 g/mol. The molecule has 5 nitrogen and oxygen atoms in total. The summed E-state index contributed by atoms with van der Waals surface area (Å²) in [6.45, 7) is 2.56. The number of carbonyl (C=O) groups is 2. The molecular formula is C22H29N3O2. The minimum absolute atomic E-state index is 0.153. The van der Waals surface area contributed by atoms with Gasteiger partial charge in [0.05, 0.1) is 6.04 Å². The van der Waals surface area contributed by atoms with Crippen molar-refractivity contribution < 1.29 is 9.59 Å². The van der Waals surface area contributed by atoms with Gasteiger partial charge in [-0.15, -0.1) is 0 Å². The van der Waals surface area contributed by atoms with Crippen LogP contribution >= 0.6 is 0 Å². The molecule has 3 aliphatic heterocycles. The molecule has 4 aliphatic rings. The maximum absolute atomic E-state index is 13.1. The molecule has 3 heterocycles. The standard InChI is InChI=1S/C22H29N3O2/c26-21(14-4-2-1-3-5-14)20-19-7-6-16(10-15(19)8-9-23-20)22(27)25-13-17-11-18(25)12-24-17/h6-7,10,14,17-18,20,23-24H,1-5,8-9,11-13H2. The largest absolute Gasteiger partial charge is 0.333 e. The van der Waals surface area contributed by atoms with Crippen LogP contribution in [0.2, 0.25) is 0 Å². The van der Waals surface area contributed by atoms with Crippen molar-refractivity contribution in [2.75, 3.05) is 19.6 Å². The van der Waals surface area contributed by atoms with Crippen LogP contribution in [0.1, 0.15) is 66.1 Å². The number of amides is 1. The summed E-state index contributed by atoms with van der Waals surface area (Å²) in [6, 6.07) is 6.66. The van der Waals surface area contributed by atoms with Gasteiger partial charge in [0.15, 0.2) is 5.78 Å². The van der Waals surface area contributed by atoms with Crippen LogP contribution in [0.25, 0.3) is 0 Å². The molecule has 3 atom stereocenters. The van der Waals surface area contributed by atoms with Crippen molar-refractivity contribution in [1.29, 1.82) is 0 Å². The molecule has 2 N–H and O–H groups in total. The topological polar surface area (TPSA) is 61.4 Å². The zero-order chi connectivity index (χ0) is 18.4. The van der Waals surface area contributed by atoms with Gasteiger partial charge < -0.3 is 15.5 Å². The van der Waals surface area contributed by atoms with Crippen LogP contribution in [0.5, 0.6) is 0 Å². The number of nitrogens with one attached hydrogen (secondary N) is 2. The third-order valence-electron chi connectivity index (χ3n) is 7.05. The third kappa shape index (κ3) is 3.11. The van der Waals surface area contributed by atoms with Gasteiger partial charge in [-0.3, -0.25) is 9.59 Å². The lowest BCUT2D eigenvalue weighted by Crippen LogP contribution is -2.46. The Balaban J connectivity index is 1.36. The minimum Gasteiger partial charge on any atom is -0.333 e. The fraction of sp³-hybridized carbons (Fsp3) is 0.636. The Labute approximate surface area is 160 Å². The van der Waals surface area contributed by atoms with Crippen molar-refractivity contribution in [2.45, 2.75) is 63.1 Å². The molecule has 1 saturated carbocycles. The number of hydrogen-bond donors (Lipinski definition) is 2. The van der Waals surface area contributed by atoms with Crippen LogP contribution in [-0.4, -0.2) is 48.3 Å². The first-order chi connectivity index (χ1) is 13.2. The summed E-state index contributed by atoms with van der Waals surface area (Å²) < 4.78 is 0. The number of likely N-dealkylation sites (tertiary alicyclic amines) is 1.